The molecule has 0 atom stereocenters. The summed E-state index contributed by atoms with van der Waals surface area (Å²) in [7, 11) is 0. The maximum Gasteiger partial charge on any atom is 0.313 e. The van der Waals surface area contributed by atoms with Crippen LogP contribution in [0.5, 0.6) is 0 Å². The molecule has 0 bridgehead atoms. The average Bonchev–Trinajstić information content (AvgIpc) is 2.70. The molecule has 0 unspecified atom stereocenters. The Morgan fingerprint density at radius 1 is 1.37 bits per heavy atom. The number of carbonyl (C=O) groups is 1. The molecule has 2 aromatic rings. The highest BCUT2D eigenvalue weighted by Crippen LogP contribution is 2.35. The topological polar surface area (TPSA) is 42.2 Å². The molecule has 0 amide bonds. The largest absolute Gasteiger partial charge is 0.481 e. The molecule has 3 nitrogen and oxygen atoms in total. The molecule has 1 N–H and O–H groups in total. The predicted molar refractivity (Wildman–Crippen MR) is 72.9 cm³/mol. The van der Waals surface area contributed by atoms with Gasteiger partial charge >= 0.3 is 5.97 Å². The van der Waals surface area contributed by atoms with Crippen molar-refractivity contribution >= 4 is 16.9 Å². The summed E-state index contributed by atoms with van der Waals surface area (Å²) in [6, 6.07) is 4.98. The Kier molecular flexibility index (Phi) is 3.12. The van der Waals surface area contributed by atoms with E-state index in [1.54, 1.807) is 26.1 Å². The fourth-order valence-corrected chi connectivity index (χ4v) is 2.28. The van der Waals surface area contributed by atoms with Crippen LogP contribution >= 0.6 is 0 Å². The van der Waals surface area contributed by atoms with Crippen molar-refractivity contribution in [2.24, 2.45) is 0 Å². The quantitative estimate of drug-likeness (QED) is 0.917. The van der Waals surface area contributed by atoms with Crippen molar-refractivity contribution in [1.82, 2.24) is 4.57 Å². The molecular weight excluding hydrogens is 245 g/mol. The summed E-state index contributed by atoms with van der Waals surface area (Å²) in [5.41, 5.74) is 0.127. The van der Waals surface area contributed by atoms with Crippen molar-refractivity contribution in [2.75, 3.05) is 0 Å². The molecule has 0 fully saturated rings. The van der Waals surface area contributed by atoms with Crippen molar-refractivity contribution < 1.29 is 14.3 Å². The van der Waals surface area contributed by atoms with Crippen LogP contribution in [0.4, 0.5) is 4.39 Å². The normalized spacial score (nSPS) is 12.3. The second kappa shape index (κ2) is 4.37. The van der Waals surface area contributed by atoms with Crippen LogP contribution < -0.4 is 0 Å². The van der Waals surface area contributed by atoms with Crippen LogP contribution in [0.15, 0.2) is 24.4 Å². The predicted octanol–water partition coefficient (Wildman–Crippen LogP) is 3.72. The summed E-state index contributed by atoms with van der Waals surface area (Å²) in [4.78, 5) is 11.4. The molecule has 4 heteroatoms. The van der Waals surface area contributed by atoms with Gasteiger partial charge in [0.2, 0.25) is 0 Å². The molecule has 1 aromatic carbocycles. The van der Waals surface area contributed by atoms with Crippen LogP contribution in [0.3, 0.4) is 0 Å². The van der Waals surface area contributed by atoms with E-state index in [-0.39, 0.29) is 11.9 Å². The van der Waals surface area contributed by atoms with Crippen LogP contribution in [0, 0.1) is 5.82 Å². The number of benzene rings is 1. The second-order valence-corrected chi connectivity index (χ2v) is 5.61. The van der Waals surface area contributed by atoms with Gasteiger partial charge in [0.1, 0.15) is 5.82 Å². The Morgan fingerprint density at radius 3 is 2.53 bits per heavy atom. The molecular formula is C15H18FNO2. The summed E-state index contributed by atoms with van der Waals surface area (Å²) in [5, 5.41) is 9.77. The lowest BCUT2D eigenvalue weighted by atomic mass is 9.84. The highest BCUT2D eigenvalue weighted by Gasteiger charge is 2.34. The molecule has 2 rings (SSSR count). The minimum atomic E-state index is -1.12. The summed E-state index contributed by atoms with van der Waals surface area (Å²) in [6.45, 7) is 7.17. The van der Waals surface area contributed by atoms with Crippen LogP contribution in [0.25, 0.3) is 10.9 Å². The van der Waals surface area contributed by atoms with E-state index in [0.29, 0.717) is 10.9 Å². The van der Waals surface area contributed by atoms with Gasteiger partial charge in [-0.1, -0.05) is 6.07 Å². The van der Waals surface area contributed by atoms with E-state index in [9.17, 15) is 14.3 Å². The lowest BCUT2D eigenvalue weighted by Gasteiger charge is -2.18. The van der Waals surface area contributed by atoms with Crippen molar-refractivity contribution in [3.05, 3.63) is 35.8 Å². The fourth-order valence-electron chi connectivity index (χ4n) is 2.28. The van der Waals surface area contributed by atoms with E-state index in [0.717, 1.165) is 5.52 Å². The summed E-state index contributed by atoms with van der Waals surface area (Å²) < 4.78 is 16.0. The molecule has 1 heterocycles. The Labute approximate surface area is 111 Å². The second-order valence-electron chi connectivity index (χ2n) is 5.61. The summed E-state index contributed by atoms with van der Waals surface area (Å²) in [5.74, 6) is -1.33. The highest BCUT2D eigenvalue weighted by atomic mass is 19.1. The molecule has 0 spiro atoms. The van der Waals surface area contributed by atoms with Crippen LogP contribution in [-0.2, 0) is 10.2 Å². The zero-order chi connectivity index (χ0) is 14.4. The van der Waals surface area contributed by atoms with Crippen molar-refractivity contribution in [1.29, 1.82) is 0 Å². The maximum atomic E-state index is 14.1. The van der Waals surface area contributed by atoms with Gasteiger partial charge in [-0.05, 0) is 45.4 Å². The zero-order valence-electron chi connectivity index (χ0n) is 11.6. The monoisotopic (exact) mass is 263 g/mol. The molecule has 0 radical (unpaired) electrons. The molecule has 0 aliphatic rings. The van der Waals surface area contributed by atoms with E-state index < -0.39 is 11.4 Å². The third-order valence-corrected chi connectivity index (χ3v) is 3.57. The first-order chi connectivity index (χ1) is 8.76. The first-order valence-corrected chi connectivity index (χ1v) is 6.29. The number of hydrogen-bond donors (Lipinski definition) is 1. The van der Waals surface area contributed by atoms with Gasteiger partial charge in [0.15, 0.2) is 0 Å². The van der Waals surface area contributed by atoms with Crippen molar-refractivity contribution in [2.45, 2.75) is 39.2 Å². The molecule has 102 valence electrons. The number of carboxylic acid groups (broad SMARTS) is 1. The SMILES string of the molecule is CC(C)n1cc(C(C)(C)C(=O)O)c2c(F)cccc21. The average molecular weight is 263 g/mol. The number of aromatic nitrogens is 1. The van der Waals surface area contributed by atoms with Crippen LogP contribution in [0.1, 0.15) is 39.3 Å². The van der Waals surface area contributed by atoms with Crippen molar-refractivity contribution in [3.63, 3.8) is 0 Å². The Hall–Kier alpha value is -1.84. The first-order valence-electron chi connectivity index (χ1n) is 6.29. The number of rotatable bonds is 3. The van der Waals surface area contributed by atoms with Gasteiger partial charge in [0.25, 0.3) is 0 Å². The van der Waals surface area contributed by atoms with E-state index in [1.165, 1.54) is 6.07 Å². The zero-order valence-corrected chi connectivity index (χ0v) is 11.6. The number of hydrogen-bond acceptors (Lipinski definition) is 1. The fraction of sp³-hybridized carbons (Fsp3) is 0.400. The Bertz CT molecular complexity index is 641. The number of halogens is 1. The van der Waals surface area contributed by atoms with Gasteiger partial charge in [-0.15, -0.1) is 0 Å². The van der Waals surface area contributed by atoms with Gasteiger partial charge < -0.3 is 9.67 Å². The van der Waals surface area contributed by atoms with Gasteiger partial charge in [0, 0.05) is 17.6 Å². The maximum absolute atomic E-state index is 14.1. The lowest BCUT2D eigenvalue weighted by Crippen LogP contribution is -2.28. The molecule has 0 saturated carbocycles. The molecule has 0 aliphatic carbocycles. The minimum Gasteiger partial charge on any atom is -0.481 e. The van der Waals surface area contributed by atoms with Crippen LogP contribution in [-0.4, -0.2) is 15.6 Å². The number of nitrogens with zero attached hydrogens (tertiary/aromatic N) is 1. The summed E-state index contributed by atoms with van der Waals surface area (Å²) >= 11 is 0. The molecule has 0 aliphatic heterocycles. The van der Waals surface area contributed by atoms with Crippen LogP contribution in [0.2, 0.25) is 0 Å². The number of aliphatic carboxylic acids is 1. The molecule has 0 saturated heterocycles. The Morgan fingerprint density at radius 2 is 2.00 bits per heavy atom. The van der Waals surface area contributed by atoms with Gasteiger partial charge in [0.05, 0.1) is 10.9 Å². The van der Waals surface area contributed by atoms with E-state index in [4.69, 9.17) is 0 Å². The van der Waals surface area contributed by atoms with E-state index in [1.807, 2.05) is 24.5 Å². The third-order valence-electron chi connectivity index (χ3n) is 3.57. The van der Waals surface area contributed by atoms with Crippen molar-refractivity contribution in [3.8, 4) is 0 Å². The standard InChI is InChI=1S/C15H18FNO2/c1-9(2)17-8-10(15(3,4)14(18)19)13-11(16)6-5-7-12(13)17/h5-9H,1-4H3,(H,18,19). The van der Waals surface area contributed by atoms with Gasteiger partial charge in [-0.25, -0.2) is 4.39 Å². The number of fused-ring (bicyclic) bond motifs is 1. The van der Waals surface area contributed by atoms with Gasteiger partial charge in [-0.2, -0.15) is 0 Å². The lowest BCUT2D eigenvalue weighted by molar-refractivity contribution is -0.142. The molecule has 1 aromatic heterocycles. The third kappa shape index (κ3) is 2.01. The van der Waals surface area contributed by atoms with Gasteiger partial charge in [-0.3, -0.25) is 4.79 Å². The van der Waals surface area contributed by atoms with E-state index >= 15 is 0 Å². The van der Waals surface area contributed by atoms with E-state index in [2.05, 4.69) is 0 Å². The highest BCUT2D eigenvalue weighted by molar-refractivity contribution is 5.92. The molecule has 19 heavy (non-hydrogen) atoms. The number of carboxylic acids is 1. The summed E-state index contributed by atoms with van der Waals surface area (Å²) in [6.07, 6.45) is 1.76. The Balaban J connectivity index is 2.86. The first kappa shape index (κ1) is 13.6. The smallest absolute Gasteiger partial charge is 0.313 e. The minimum absolute atomic E-state index is 0.141.